The molecule has 27 heavy (non-hydrogen) atoms. The first-order chi connectivity index (χ1) is 12.7. The summed E-state index contributed by atoms with van der Waals surface area (Å²) < 4.78 is 26.1. The molecule has 0 spiro atoms. The lowest BCUT2D eigenvalue weighted by Crippen LogP contribution is -2.36. The predicted octanol–water partition coefficient (Wildman–Crippen LogP) is 3.40. The zero-order valence-electron chi connectivity index (χ0n) is 15.8. The molecule has 2 aromatic rings. The summed E-state index contributed by atoms with van der Waals surface area (Å²) in [6.07, 6.45) is 0. The fraction of sp³-hybridized carbons (Fsp3) is 0.300. The molecule has 0 fully saturated rings. The first kappa shape index (κ1) is 20.5. The number of anilines is 2. The van der Waals surface area contributed by atoms with Crippen molar-refractivity contribution in [3.63, 3.8) is 0 Å². The highest BCUT2D eigenvalue weighted by Crippen LogP contribution is 2.21. The number of carbonyl (C=O) groups excluding carboxylic acids is 2. The van der Waals surface area contributed by atoms with Gasteiger partial charge < -0.3 is 10.6 Å². The number of halogens is 2. The van der Waals surface area contributed by atoms with Crippen molar-refractivity contribution in [3.8, 4) is 0 Å². The maximum absolute atomic E-state index is 13.2. The van der Waals surface area contributed by atoms with Gasteiger partial charge in [-0.15, -0.1) is 0 Å². The van der Waals surface area contributed by atoms with Crippen LogP contribution in [0.4, 0.5) is 20.2 Å². The van der Waals surface area contributed by atoms with Crippen molar-refractivity contribution in [3.05, 3.63) is 58.7 Å². The van der Waals surface area contributed by atoms with Crippen molar-refractivity contribution >= 4 is 23.2 Å². The van der Waals surface area contributed by atoms with Gasteiger partial charge in [0.15, 0.2) is 11.6 Å². The van der Waals surface area contributed by atoms with Crippen LogP contribution in [-0.2, 0) is 9.59 Å². The van der Waals surface area contributed by atoms with E-state index < -0.39 is 17.5 Å². The van der Waals surface area contributed by atoms with Crippen LogP contribution < -0.4 is 10.6 Å². The van der Waals surface area contributed by atoms with Gasteiger partial charge in [0.25, 0.3) is 0 Å². The molecule has 0 aliphatic heterocycles. The second kappa shape index (κ2) is 8.73. The number of benzene rings is 2. The topological polar surface area (TPSA) is 61.4 Å². The summed E-state index contributed by atoms with van der Waals surface area (Å²) in [7, 11) is 1.62. The highest BCUT2D eigenvalue weighted by molar-refractivity contribution is 5.95. The van der Waals surface area contributed by atoms with Gasteiger partial charge in [0.1, 0.15) is 0 Å². The van der Waals surface area contributed by atoms with Crippen LogP contribution in [0.25, 0.3) is 0 Å². The third kappa shape index (κ3) is 5.86. The maximum Gasteiger partial charge on any atom is 0.238 e. The van der Waals surface area contributed by atoms with Crippen molar-refractivity contribution in [2.45, 2.75) is 20.8 Å². The van der Waals surface area contributed by atoms with E-state index in [0.717, 1.165) is 34.5 Å². The molecule has 2 aromatic carbocycles. The normalized spacial score (nSPS) is 10.8. The van der Waals surface area contributed by atoms with E-state index in [-0.39, 0.29) is 24.7 Å². The summed E-state index contributed by atoms with van der Waals surface area (Å²) >= 11 is 0. The first-order valence-corrected chi connectivity index (χ1v) is 8.47. The Kier molecular flexibility index (Phi) is 6.63. The largest absolute Gasteiger partial charge is 0.325 e. The van der Waals surface area contributed by atoms with E-state index >= 15 is 0 Å². The van der Waals surface area contributed by atoms with Crippen LogP contribution >= 0.6 is 0 Å². The number of likely N-dealkylation sites (N-methyl/N-ethyl adjacent to an activating group) is 1. The van der Waals surface area contributed by atoms with Crippen molar-refractivity contribution in [2.24, 2.45) is 0 Å². The SMILES string of the molecule is Cc1cc(C)c(NC(=O)CN(C)CC(=O)Nc2ccc(F)c(F)c2)c(C)c1. The summed E-state index contributed by atoms with van der Waals surface area (Å²) in [5.41, 5.74) is 3.99. The van der Waals surface area contributed by atoms with Crippen LogP contribution in [0.15, 0.2) is 30.3 Å². The number of aryl methyl sites for hydroxylation is 3. The monoisotopic (exact) mass is 375 g/mol. The number of amides is 2. The van der Waals surface area contributed by atoms with Gasteiger partial charge in [0, 0.05) is 17.4 Å². The number of hydrogen-bond acceptors (Lipinski definition) is 3. The Morgan fingerprint density at radius 1 is 0.889 bits per heavy atom. The molecule has 0 saturated heterocycles. The summed E-state index contributed by atoms with van der Waals surface area (Å²) in [6.45, 7) is 5.78. The van der Waals surface area contributed by atoms with Gasteiger partial charge >= 0.3 is 0 Å². The molecule has 0 heterocycles. The molecular formula is C20H23F2N3O2. The van der Waals surface area contributed by atoms with Crippen LogP contribution in [0.1, 0.15) is 16.7 Å². The molecule has 2 rings (SSSR count). The molecule has 0 unspecified atom stereocenters. The van der Waals surface area contributed by atoms with E-state index in [1.807, 2.05) is 32.9 Å². The second-order valence-corrected chi connectivity index (χ2v) is 6.67. The van der Waals surface area contributed by atoms with E-state index in [4.69, 9.17) is 0 Å². The van der Waals surface area contributed by atoms with Crippen LogP contribution in [0.3, 0.4) is 0 Å². The van der Waals surface area contributed by atoms with Crippen LogP contribution in [0.5, 0.6) is 0 Å². The molecular weight excluding hydrogens is 352 g/mol. The third-order valence-corrected chi connectivity index (χ3v) is 3.97. The molecule has 0 saturated carbocycles. The third-order valence-electron chi connectivity index (χ3n) is 3.97. The molecule has 144 valence electrons. The Morgan fingerprint density at radius 3 is 2.00 bits per heavy atom. The lowest BCUT2D eigenvalue weighted by molar-refractivity contribution is -0.119. The Labute approximate surface area is 157 Å². The van der Waals surface area contributed by atoms with Gasteiger partial charge in [-0.25, -0.2) is 8.78 Å². The average Bonchev–Trinajstić information content (AvgIpc) is 2.54. The van der Waals surface area contributed by atoms with E-state index in [9.17, 15) is 18.4 Å². The van der Waals surface area contributed by atoms with Gasteiger partial charge in [0.2, 0.25) is 11.8 Å². The average molecular weight is 375 g/mol. The Balaban J connectivity index is 1.89. The molecule has 2 amide bonds. The van der Waals surface area contributed by atoms with Gasteiger partial charge in [-0.2, -0.15) is 0 Å². The smallest absolute Gasteiger partial charge is 0.238 e. The molecule has 0 aliphatic rings. The summed E-state index contributed by atoms with van der Waals surface area (Å²) in [4.78, 5) is 25.8. The molecule has 0 atom stereocenters. The highest BCUT2D eigenvalue weighted by atomic mass is 19.2. The van der Waals surface area contributed by atoms with Gasteiger partial charge in [-0.05, 0) is 51.1 Å². The molecule has 5 nitrogen and oxygen atoms in total. The van der Waals surface area contributed by atoms with E-state index in [0.29, 0.717) is 0 Å². The summed E-state index contributed by atoms with van der Waals surface area (Å²) in [5.74, 6) is -2.69. The number of carbonyl (C=O) groups is 2. The minimum Gasteiger partial charge on any atom is -0.325 e. The van der Waals surface area contributed by atoms with Gasteiger partial charge in [0.05, 0.1) is 13.1 Å². The summed E-state index contributed by atoms with van der Waals surface area (Å²) in [5, 5.41) is 5.34. The second-order valence-electron chi connectivity index (χ2n) is 6.67. The molecule has 7 heteroatoms. The minimum atomic E-state index is -1.04. The van der Waals surface area contributed by atoms with Gasteiger partial charge in [-0.1, -0.05) is 17.7 Å². The predicted molar refractivity (Wildman–Crippen MR) is 102 cm³/mol. The fourth-order valence-electron chi connectivity index (χ4n) is 2.88. The quantitative estimate of drug-likeness (QED) is 0.814. The number of nitrogens with one attached hydrogen (secondary N) is 2. The van der Waals surface area contributed by atoms with E-state index in [2.05, 4.69) is 10.6 Å². The Hall–Kier alpha value is -2.80. The van der Waals surface area contributed by atoms with Crippen LogP contribution in [0, 0.1) is 32.4 Å². The fourth-order valence-corrected chi connectivity index (χ4v) is 2.88. The first-order valence-electron chi connectivity index (χ1n) is 8.47. The van der Waals surface area contributed by atoms with Crippen molar-refractivity contribution in [2.75, 3.05) is 30.8 Å². The molecule has 0 aliphatic carbocycles. The van der Waals surface area contributed by atoms with Crippen molar-refractivity contribution < 1.29 is 18.4 Å². The van der Waals surface area contributed by atoms with E-state index in [1.54, 1.807) is 7.05 Å². The van der Waals surface area contributed by atoms with Gasteiger partial charge in [-0.3, -0.25) is 14.5 Å². The van der Waals surface area contributed by atoms with Crippen molar-refractivity contribution in [1.29, 1.82) is 0 Å². The molecule has 0 radical (unpaired) electrons. The van der Waals surface area contributed by atoms with Crippen LogP contribution in [0.2, 0.25) is 0 Å². The summed E-state index contributed by atoms with van der Waals surface area (Å²) in [6, 6.07) is 7.09. The molecule has 0 bridgehead atoms. The zero-order valence-corrected chi connectivity index (χ0v) is 15.8. The zero-order chi connectivity index (χ0) is 20.1. The highest BCUT2D eigenvalue weighted by Gasteiger charge is 2.14. The Morgan fingerprint density at radius 2 is 1.44 bits per heavy atom. The van der Waals surface area contributed by atoms with Crippen molar-refractivity contribution in [1.82, 2.24) is 4.90 Å². The number of nitrogens with zero attached hydrogens (tertiary/aromatic N) is 1. The molecule has 2 N–H and O–H groups in total. The van der Waals surface area contributed by atoms with Crippen LogP contribution in [-0.4, -0.2) is 36.9 Å². The molecule has 0 aromatic heterocycles. The lowest BCUT2D eigenvalue weighted by atomic mass is 10.1. The Bertz CT molecular complexity index is 845. The minimum absolute atomic E-state index is 0.0119. The number of rotatable bonds is 6. The lowest BCUT2D eigenvalue weighted by Gasteiger charge is -2.18. The standard InChI is InChI=1S/C20H23F2N3O2/c1-12-7-13(2)20(14(3)8-12)24-19(27)11-25(4)10-18(26)23-15-5-6-16(21)17(22)9-15/h5-9H,10-11H2,1-4H3,(H,23,26)(H,24,27). The van der Waals surface area contributed by atoms with E-state index in [1.165, 1.54) is 11.0 Å². The number of hydrogen-bond donors (Lipinski definition) is 2. The maximum atomic E-state index is 13.2.